The zero-order chi connectivity index (χ0) is 12.5. The number of carbonyl (C=O) groups is 1. The minimum Gasteiger partial charge on any atom is -0.340 e. The molecule has 1 aromatic rings. The number of ether oxygens (including phenoxy) is 2. The number of benzene rings is 1. The van der Waals surface area contributed by atoms with Crippen molar-refractivity contribution in [3.63, 3.8) is 0 Å². The van der Waals surface area contributed by atoms with E-state index in [9.17, 15) is 4.79 Å². The molecule has 1 heterocycles. The first-order chi connectivity index (χ1) is 7.98. The largest absolute Gasteiger partial charge is 0.340 e. The summed E-state index contributed by atoms with van der Waals surface area (Å²) < 4.78 is 11.2. The van der Waals surface area contributed by atoms with E-state index in [1.165, 1.54) is 0 Å². The van der Waals surface area contributed by atoms with Crippen LogP contribution in [0.1, 0.15) is 26.3 Å². The molecule has 3 heteroatoms. The van der Waals surface area contributed by atoms with Gasteiger partial charge in [0.1, 0.15) is 12.2 Å². The first kappa shape index (κ1) is 12.3. The molecule has 0 saturated carbocycles. The highest BCUT2D eigenvalue weighted by atomic mass is 16.7. The number of carbonyl (C=O) groups excluding carboxylic acids is 1. The topological polar surface area (TPSA) is 35.5 Å². The van der Waals surface area contributed by atoms with Crippen LogP contribution < -0.4 is 0 Å². The molecule has 1 saturated heterocycles. The van der Waals surface area contributed by atoms with Crippen LogP contribution in [0.5, 0.6) is 0 Å². The molecule has 1 aromatic carbocycles. The maximum Gasteiger partial charge on any atom is 0.190 e. The van der Waals surface area contributed by atoms with Crippen molar-refractivity contribution in [2.75, 3.05) is 0 Å². The zero-order valence-electron chi connectivity index (χ0n) is 10.5. The molecule has 0 unspecified atom stereocenters. The van der Waals surface area contributed by atoms with E-state index in [0.29, 0.717) is 6.42 Å². The molecular weight excluding hydrogens is 216 g/mol. The fourth-order valence-corrected chi connectivity index (χ4v) is 2.14. The predicted molar refractivity (Wildman–Crippen MR) is 64.7 cm³/mol. The van der Waals surface area contributed by atoms with Gasteiger partial charge in [0, 0.05) is 6.42 Å². The average Bonchev–Trinajstić information content (AvgIpc) is 2.26. The van der Waals surface area contributed by atoms with E-state index < -0.39 is 18.0 Å². The zero-order valence-corrected chi connectivity index (χ0v) is 10.5. The number of hydrogen-bond donors (Lipinski definition) is 0. The van der Waals surface area contributed by atoms with Crippen molar-refractivity contribution in [2.24, 2.45) is 0 Å². The minimum absolute atomic E-state index is 0.0215. The standard InChI is InChI=1S/C14H18O3/c1-10-13(15)12(17-14(2,3)16-10)9-11-7-5-4-6-8-11/h4-8,10,12H,9H2,1-3H3/t10-,12-/m0/s1. The van der Waals surface area contributed by atoms with Crippen molar-refractivity contribution in [2.45, 2.75) is 45.2 Å². The van der Waals surface area contributed by atoms with Gasteiger partial charge >= 0.3 is 0 Å². The molecule has 0 amide bonds. The Morgan fingerprint density at radius 3 is 2.47 bits per heavy atom. The lowest BCUT2D eigenvalue weighted by Gasteiger charge is -2.38. The summed E-state index contributed by atoms with van der Waals surface area (Å²) in [6.07, 6.45) is -0.194. The second-order valence-electron chi connectivity index (χ2n) is 4.86. The molecule has 1 aliphatic heterocycles. The van der Waals surface area contributed by atoms with Gasteiger partial charge in [-0.2, -0.15) is 0 Å². The molecule has 0 aromatic heterocycles. The van der Waals surface area contributed by atoms with E-state index in [0.717, 1.165) is 5.56 Å². The summed E-state index contributed by atoms with van der Waals surface area (Å²) in [5, 5.41) is 0. The van der Waals surface area contributed by atoms with Crippen LogP contribution in [0.3, 0.4) is 0 Å². The molecule has 2 atom stereocenters. The smallest absolute Gasteiger partial charge is 0.190 e. The van der Waals surface area contributed by atoms with E-state index in [-0.39, 0.29) is 5.78 Å². The summed E-state index contributed by atoms with van der Waals surface area (Å²) in [4.78, 5) is 12.0. The number of rotatable bonds is 2. The Bertz CT molecular complexity index is 397. The Labute approximate surface area is 102 Å². The van der Waals surface area contributed by atoms with Crippen molar-refractivity contribution >= 4 is 5.78 Å². The SMILES string of the molecule is C[C@@H]1OC(C)(C)O[C@@H](Cc2ccccc2)C1=O. The lowest BCUT2D eigenvalue weighted by Crippen LogP contribution is -2.51. The van der Waals surface area contributed by atoms with E-state index >= 15 is 0 Å². The van der Waals surface area contributed by atoms with Gasteiger partial charge in [-0.05, 0) is 26.3 Å². The monoisotopic (exact) mass is 234 g/mol. The van der Waals surface area contributed by atoms with Crippen LogP contribution in [0, 0.1) is 0 Å². The molecule has 0 radical (unpaired) electrons. The van der Waals surface area contributed by atoms with Crippen molar-refractivity contribution in [1.29, 1.82) is 0 Å². The summed E-state index contributed by atoms with van der Waals surface area (Å²) >= 11 is 0. The Morgan fingerprint density at radius 1 is 1.18 bits per heavy atom. The van der Waals surface area contributed by atoms with Gasteiger partial charge in [-0.3, -0.25) is 4.79 Å². The summed E-state index contributed by atoms with van der Waals surface area (Å²) in [5.41, 5.74) is 1.11. The Hall–Kier alpha value is -1.19. The third kappa shape index (κ3) is 2.93. The van der Waals surface area contributed by atoms with Gasteiger partial charge in [-0.15, -0.1) is 0 Å². The van der Waals surface area contributed by atoms with E-state index in [1.54, 1.807) is 6.92 Å². The van der Waals surface area contributed by atoms with Gasteiger partial charge in [-0.1, -0.05) is 30.3 Å². The Kier molecular flexibility index (Phi) is 3.31. The van der Waals surface area contributed by atoms with Gasteiger partial charge in [0.15, 0.2) is 11.6 Å². The number of hydrogen-bond acceptors (Lipinski definition) is 3. The molecule has 1 fully saturated rings. The Balaban J connectivity index is 2.12. The number of ketones is 1. The number of Topliss-reactive ketones (excluding diaryl/α,β-unsaturated/α-hetero) is 1. The first-order valence-corrected chi connectivity index (χ1v) is 5.91. The molecule has 0 bridgehead atoms. The van der Waals surface area contributed by atoms with Crippen LogP contribution in [-0.4, -0.2) is 23.8 Å². The molecule has 3 nitrogen and oxygen atoms in total. The molecule has 1 aliphatic rings. The average molecular weight is 234 g/mol. The summed E-state index contributed by atoms with van der Waals surface area (Å²) in [6, 6.07) is 9.90. The van der Waals surface area contributed by atoms with Gasteiger partial charge in [0.25, 0.3) is 0 Å². The maximum atomic E-state index is 12.0. The lowest BCUT2D eigenvalue weighted by molar-refractivity contribution is -0.276. The van der Waals surface area contributed by atoms with Crippen LogP contribution >= 0.6 is 0 Å². The van der Waals surface area contributed by atoms with Crippen molar-refractivity contribution in [1.82, 2.24) is 0 Å². The summed E-state index contributed by atoms with van der Waals surface area (Å²) in [5.74, 6) is -0.666. The van der Waals surface area contributed by atoms with Crippen molar-refractivity contribution in [3.05, 3.63) is 35.9 Å². The molecule has 0 spiro atoms. The van der Waals surface area contributed by atoms with Gasteiger partial charge in [-0.25, -0.2) is 0 Å². The third-order valence-electron chi connectivity index (χ3n) is 2.87. The highest BCUT2D eigenvalue weighted by Crippen LogP contribution is 2.26. The van der Waals surface area contributed by atoms with E-state index in [1.807, 2.05) is 44.2 Å². The molecule has 92 valence electrons. The fraction of sp³-hybridized carbons (Fsp3) is 0.500. The predicted octanol–water partition coefficient (Wildman–Crippen LogP) is 2.34. The maximum absolute atomic E-state index is 12.0. The second-order valence-corrected chi connectivity index (χ2v) is 4.86. The molecule has 0 N–H and O–H groups in total. The minimum atomic E-state index is -0.688. The van der Waals surface area contributed by atoms with Gasteiger partial charge < -0.3 is 9.47 Å². The molecule has 0 aliphatic carbocycles. The quantitative estimate of drug-likeness (QED) is 0.788. The Morgan fingerprint density at radius 2 is 1.82 bits per heavy atom. The highest BCUT2D eigenvalue weighted by molar-refractivity contribution is 5.87. The van der Waals surface area contributed by atoms with Crippen LogP contribution in [0.25, 0.3) is 0 Å². The van der Waals surface area contributed by atoms with Crippen molar-refractivity contribution in [3.8, 4) is 0 Å². The molecule has 2 rings (SSSR count). The molecular formula is C14H18O3. The van der Waals surface area contributed by atoms with E-state index in [4.69, 9.17) is 9.47 Å². The van der Waals surface area contributed by atoms with Crippen molar-refractivity contribution < 1.29 is 14.3 Å². The summed E-state index contributed by atoms with van der Waals surface area (Å²) in [6.45, 7) is 5.46. The highest BCUT2D eigenvalue weighted by Gasteiger charge is 2.39. The molecule has 17 heavy (non-hydrogen) atoms. The van der Waals surface area contributed by atoms with Crippen LogP contribution in [-0.2, 0) is 20.7 Å². The van der Waals surface area contributed by atoms with E-state index in [2.05, 4.69) is 0 Å². The first-order valence-electron chi connectivity index (χ1n) is 5.91. The third-order valence-corrected chi connectivity index (χ3v) is 2.87. The van der Waals surface area contributed by atoms with Crippen LogP contribution in [0.4, 0.5) is 0 Å². The van der Waals surface area contributed by atoms with Crippen LogP contribution in [0.2, 0.25) is 0 Å². The normalized spacial score (nSPS) is 28.1. The lowest BCUT2D eigenvalue weighted by atomic mass is 10.0. The van der Waals surface area contributed by atoms with Crippen LogP contribution in [0.15, 0.2) is 30.3 Å². The second kappa shape index (κ2) is 4.59. The van der Waals surface area contributed by atoms with Gasteiger partial charge in [0.2, 0.25) is 0 Å². The fourth-order valence-electron chi connectivity index (χ4n) is 2.14. The van der Waals surface area contributed by atoms with Gasteiger partial charge in [0.05, 0.1) is 0 Å². The summed E-state index contributed by atoms with van der Waals surface area (Å²) in [7, 11) is 0.